The lowest BCUT2D eigenvalue weighted by Crippen LogP contribution is -2.44. The van der Waals surface area contributed by atoms with E-state index in [1.54, 1.807) is 0 Å². The van der Waals surface area contributed by atoms with E-state index in [1.807, 2.05) is 24.3 Å². The zero-order valence-electron chi connectivity index (χ0n) is 19.2. The van der Waals surface area contributed by atoms with Gasteiger partial charge in [-0.15, -0.1) is 11.3 Å². The van der Waals surface area contributed by atoms with Gasteiger partial charge in [-0.3, -0.25) is 14.5 Å². The molecule has 2 N–H and O–H groups in total. The van der Waals surface area contributed by atoms with E-state index in [0.717, 1.165) is 54.9 Å². The molecule has 2 aromatic rings. The first-order chi connectivity index (χ1) is 16.6. The maximum atomic E-state index is 12.9. The van der Waals surface area contributed by atoms with Crippen LogP contribution >= 0.6 is 11.3 Å². The number of nitrogens with zero attached hydrogens (tertiary/aromatic N) is 2. The van der Waals surface area contributed by atoms with Gasteiger partial charge >= 0.3 is 6.03 Å². The number of carbonyl (C=O) groups is 3. The molecule has 1 aliphatic carbocycles. The number of ether oxygens (including phenoxy) is 1. The minimum absolute atomic E-state index is 0.109. The van der Waals surface area contributed by atoms with E-state index in [4.69, 9.17) is 4.74 Å². The van der Waals surface area contributed by atoms with Gasteiger partial charge in [0.2, 0.25) is 0 Å². The first kappa shape index (κ1) is 22.9. The molecule has 1 aromatic carbocycles. The molecule has 2 saturated heterocycles. The fraction of sp³-hybridized carbons (Fsp3) is 0.480. The number of hydrogen-bond donors (Lipinski definition) is 2. The number of nitrogens with one attached hydrogen (secondary N) is 2. The number of benzene rings is 1. The lowest BCUT2D eigenvalue weighted by atomic mass is 9.98. The molecule has 0 unspecified atom stereocenters. The van der Waals surface area contributed by atoms with Gasteiger partial charge in [0.1, 0.15) is 5.54 Å². The van der Waals surface area contributed by atoms with Crippen LogP contribution in [0.1, 0.15) is 41.8 Å². The Labute approximate surface area is 203 Å². The first-order valence-corrected chi connectivity index (χ1v) is 12.8. The summed E-state index contributed by atoms with van der Waals surface area (Å²) in [4.78, 5) is 42.3. The van der Waals surface area contributed by atoms with Crippen molar-refractivity contribution in [2.75, 3.05) is 44.3 Å². The van der Waals surface area contributed by atoms with Gasteiger partial charge in [-0.05, 0) is 30.9 Å². The fourth-order valence-electron chi connectivity index (χ4n) is 5.04. The molecular weight excluding hydrogens is 452 g/mol. The average Bonchev–Trinajstić information content (AvgIpc) is 3.58. The van der Waals surface area contributed by atoms with Crippen molar-refractivity contribution in [3.8, 4) is 11.1 Å². The van der Waals surface area contributed by atoms with Gasteiger partial charge in [0.15, 0.2) is 0 Å². The summed E-state index contributed by atoms with van der Waals surface area (Å²) < 4.78 is 5.50. The van der Waals surface area contributed by atoms with Crippen LogP contribution in [-0.2, 0) is 9.53 Å². The van der Waals surface area contributed by atoms with E-state index in [0.29, 0.717) is 37.6 Å². The van der Waals surface area contributed by atoms with Crippen LogP contribution in [0, 0.1) is 0 Å². The number of imide groups is 1. The predicted molar refractivity (Wildman–Crippen MR) is 131 cm³/mol. The van der Waals surface area contributed by atoms with Crippen LogP contribution in [0.5, 0.6) is 0 Å². The molecule has 3 fully saturated rings. The molecular formula is C25H30N4O4S. The highest BCUT2D eigenvalue weighted by Crippen LogP contribution is 2.39. The number of hydrogen-bond acceptors (Lipinski definition) is 6. The van der Waals surface area contributed by atoms with Crippen LogP contribution in [0.3, 0.4) is 0 Å². The maximum absolute atomic E-state index is 12.9. The van der Waals surface area contributed by atoms with E-state index >= 15 is 0 Å². The number of carbonyl (C=O) groups excluding carboxylic acids is 3. The third-order valence-electron chi connectivity index (χ3n) is 6.87. The van der Waals surface area contributed by atoms with Gasteiger partial charge in [-0.2, -0.15) is 0 Å². The SMILES string of the molecule is O=C(NCCCN1C(=O)NC2(CCCC2)C1=O)c1cc(-c2ccccc2)c(N2CCOCC2)s1. The smallest absolute Gasteiger partial charge is 0.325 e. The molecule has 8 nitrogen and oxygen atoms in total. The van der Waals surface area contributed by atoms with Crippen molar-refractivity contribution in [2.45, 2.75) is 37.6 Å². The van der Waals surface area contributed by atoms with Gasteiger partial charge in [-0.1, -0.05) is 43.2 Å². The van der Waals surface area contributed by atoms with Crippen LogP contribution in [0.2, 0.25) is 0 Å². The molecule has 0 bridgehead atoms. The molecule has 1 saturated carbocycles. The van der Waals surface area contributed by atoms with Crippen LogP contribution in [0.4, 0.5) is 9.80 Å². The molecule has 4 amide bonds. The third kappa shape index (κ3) is 4.42. The zero-order chi connectivity index (χ0) is 23.5. The van der Waals surface area contributed by atoms with Crippen molar-refractivity contribution in [3.05, 3.63) is 41.3 Å². The Bertz CT molecular complexity index is 1060. The number of amides is 4. The van der Waals surface area contributed by atoms with Crippen LogP contribution < -0.4 is 15.5 Å². The van der Waals surface area contributed by atoms with Crippen LogP contribution in [0.15, 0.2) is 36.4 Å². The summed E-state index contributed by atoms with van der Waals surface area (Å²) in [5.41, 5.74) is 1.46. The van der Waals surface area contributed by atoms with Crippen molar-refractivity contribution in [2.24, 2.45) is 0 Å². The normalized spacial score (nSPS) is 19.6. The van der Waals surface area contributed by atoms with Crippen molar-refractivity contribution in [3.63, 3.8) is 0 Å². The molecule has 3 aliphatic rings. The number of rotatable bonds is 7. The van der Waals surface area contributed by atoms with E-state index in [9.17, 15) is 14.4 Å². The highest BCUT2D eigenvalue weighted by atomic mass is 32.1. The second-order valence-electron chi connectivity index (χ2n) is 9.08. The van der Waals surface area contributed by atoms with Crippen molar-refractivity contribution in [1.29, 1.82) is 0 Å². The van der Waals surface area contributed by atoms with E-state index < -0.39 is 5.54 Å². The molecule has 180 valence electrons. The molecule has 9 heteroatoms. The number of anilines is 1. The molecule has 0 radical (unpaired) electrons. The molecule has 5 rings (SSSR count). The summed E-state index contributed by atoms with van der Waals surface area (Å²) >= 11 is 1.50. The lowest BCUT2D eigenvalue weighted by Gasteiger charge is -2.28. The van der Waals surface area contributed by atoms with Gasteiger partial charge in [0.25, 0.3) is 11.8 Å². The largest absolute Gasteiger partial charge is 0.378 e. The number of thiophene rings is 1. The Hall–Kier alpha value is -2.91. The van der Waals surface area contributed by atoms with E-state index in [1.165, 1.54) is 16.2 Å². The summed E-state index contributed by atoms with van der Waals surface area (Å²) in [7, 11) is 0. The molecule has 1 aromatic heterocycles. The highest BCUT2D eigenvalue weighted by molar-refractivity contribution is 7.18. The Balaban J connectivity index is 1.21. The standard InChI is InChI=1S/C25H30N4O4S/c30-21(26-11-6-12-29-23(31)25(27-24(29)32)9-4-5-10-25)20-17-19(18-7-2-1-3-8-18)22(34-20)28-13-15-33-16-14-28/h1-3,7-8,17H,4-6,9-16H2,(H,26,30)(H,27,32). The predicted octanol–water partition coefficient (Wildman–Crippen LogP) is 3.24. The Morgan fingerprint density at radius 1 is 1.12 bits per heavy atom. The van der Waals surface area contributed by atoms with Crippen LogP contribution in [-0.4, -0.2) is 67.7 Å². The summed E-state index contributed by atoms with van der Waals surface area (Å²) in [5, 5.41) is 6.95. The quantitative estimate of drug-likeness (QED) is 0.467. The lowest BCUT2D eigenvalue weighted by molar-refractivity contribution is -0.131. The number of urea groups is 1. The molecule has 3 heterocycles. The summed E-state index contributed by atoms with van der Waals surface area (Å²) in [5.74, 6) is -0.242. The first-order valence-electron chi connectivity index (χ1n) is 12.0. The summed E-state index contributed by atoms with van der Waals surface area (Å²) in [6.07, 6.45) is 3.90. The minimum atomic E-state index is -0.680. The molecule has 34 heavy (non-hydrogen) atoms. The van der Waals surface area contributed by atoms with Gasteiger partial charge in [0.05, 0.1) is 23.1 Å². The third-order valence-corrected chi connectivity index (χ3v) is 8.06. The zero-order valence-corrected chi connectivity index (χ0v) is 20.0. The molecule has 1 spiro atoms. The van der Waals surface area contributed by atoms with Crippen molar-refractivity contribution >= 4 is 34.2 Å². The average molecular weight is 483 g/mol. The summed E-state index contributed by atoms with van der Waals surface area (Å²) in [6.45, 7) is 3.67. The molecule has 0 atom stereocenters. The Kier molecular flexibility index (Phi) is 6.56. The van der Waals surface area contributed by atoms with Crippen LogP contribution in [0.25, 0.3) is 11.1 Å². The van der Waals surface area contributed by atoms with Crippen molar-refractivity contribution in [1.82, 2.24) is 15.5 Å². The Morgan fingerprint density at radius 3 is 2.59 bits per heavy atom. The van der Waals surface area contributed by atoms with E-state index in [2.05, 4.69) is 27.7 Å². The number of morpholine rings is 1. The summed E-state index contributed by atoms with van der Waals surface area (Å²) in [6, 6.07) is 11.8. The second kappa shape index (κ2) is 9.76. The van der Waals surface area contributed by atoms with Gasteiger partial charge < -0.3 is 20.3 Å². The van der Waals surface area contributed by atoms with E-state index in [-0.39, 0.29) is 17.8 Å². The minimum Gasteiger partial charge on any atom is -0.378 e. The monoisotopic (exact) mass is 482 g/mol. The fourth-order valence-corrected chi connectivity index (χ4v) is 6.19. The highest BCUT2D eigenvalue weighted by Gasteiger charge is 2.52. The van der Waals surface area contributed by atoms with Gasteiger partial charge in [0, 0.05) is 31.7 Å². The van der Waals surface area contributed by atoms with Crippen molar-refractivity contribution < 1.29 is 19.1 Å². The topological polar surface area (TPSA) is 91.0 Å². The second-order valence-corrected chi connectivity index (χ2v) is 10.1. The molecule has 2 aliphatic heterocycles. The maximum Gasteiger partial charge on any atom is 0.325 e. The van der Waals surface area contributed by atoms with Gasteiger partial charge in [-0.25, -0.2) is 4.79 Å². The Morgan fingerprint density at radius 2 is 1.85 bits per heavy atom.